The van der Waals surface area contributed by atoms with Crippen LogP contribution in [-0.4, -0.2) is 37.8 Å². The summed E-state index contributed by atoms with van der Waals surface area (Å²) in [6.07, 6.45) is 2.72. The molecule has 1 amide bonds. The molecule has 0 aromatic heterocycles. The van der Waals surface area contributed by atoms with E-state index in [0.717, 1.165) is 19.3 Å². The predicted octanol–water partition coefficient (Wildman–Crippen LogP) is 2.23. The van der Waals surface area contributed by atoms with Crippen molar-refractivity contribution in [2.75, 3.05) is 18.5 Å². The minimum absolute atomic E-state index is 0.0258. The molecule has 3 rings (SSSR count). The molecule has 2 aliphatic heterocycles. The Labute approximate surface area is 134 Å². The number of rotatable bonds is 2. The Bertz CT molecular complexity index is 720. The zero-order valence-corrected chi connectivity index (χ0v) is 13.7. The number of piperidine rings is 1. The monoisotopic (exact) mass is 344 g/mol. The largest absolute Gasteiger partial charge is 0.482 e. The van der Waals surface area contributed by atoms with Crippen LogP contribution in [0.25, 0.3) is 0 Å². The number of carbonyl (C=O) groups is 1. The first-order valence-corrected chi connectivity index (χ1v) is 8.99. The maximum absolute atomic E-state index is 12.9. The molecule has 0 unspecified atom stereocenters. The highest BCUT2D eigenvalue weighted by molar-refractivity contribution is 7.89. The van der Waals surface area contributed by atoms with Crippen molar-refractivity contribution in [3.8, 4) is 5.75 Å². The van der Waals surface area contributed by atoms with Crippen molar-refractivity contribution in [2.24, 2.45) is 0 Å². The van der Waals surface area contributed by atoms with E-state index in [4.69, 9.17) is 16.3 Å². The zero-order valence-electron chi connectivity index (χ0n) is 12.1. The second kappa shape index (κ2) is 5.72. The fourth-order valence-electron chi connectivity index (χ4n) is 2.83. The average molecular weight is 345 g/mol. The molecule has 1 N–H and O–H groups in total. The number of hydrogen-bond acceptors (Lipinski definition) is 4. The molecule has 0 aliphatic carbocycles. The predicted molar refractivity (Wildman–Crippen MR) is 82.8 cm³/mol. The van der Waals surface area contributed by atoms with Crippen molar-refractivity contribution in [1.82, 2.24) is 4.31 Å². The van der Waals surface area contributed by atoms with Gasteiger partial charge in [-0.15, -0.1) is 0 Å². The lowest BCUT2D eigenvalue weighted by Crippen LogP contribution is -2.42. The molecular weight excluding hydrogens is 328 g/mol. The van der Waals surface area contributed by atoms with E-state index in [1.807, 2.05) is 6.92 Å². The molecule has 22 heavy (non-hydrogen) atoms. The first-order valence-electron chi connectivity index (χ1n) is 7.17. The molecule has 8 heteroatoms. The van der Waals surface area contributed by atoms with Crippen molar-refractivity contribution >= 4 is 33.2 Å². The maximum Gasteiger partial charge on any atom is 0.262 e. The van der Waals surface area contributed by atoms with Gasteiger partial charge in [-0.1, -0.05) is 18.0 Å². The number of ether oxygens (including phenoxy) is 1. The normalized spacial score (nSPS) is 22.6. The number of halogens is 1. The van der Waals surface area contributed by atoms with Gasteiger partial charge in [-0.25, -0.2) is 8.42 Å². The van der Waals surface area contributed by atoms with Gasteiger partial charge < -0.3 is 10.1 Å². The van der Waals surface area contributed by atoms with Crippen molar-refractivity contribution in [3.63, 3.8) is 0 Å². The van der Waals surface area contributed by atoms with E-state index in [2.05, 4.69) is 5.32 Å². The number of amides is 1. The molecule has 2 heterocycles. The van der Waals surface area contributed by atoms with E-state index >= 15 is 0 Å². The number of benzene rings is 1. The molecule has 2 aliphatic rings. The Morgan fingerprint density at radius 1 is 1.36 bits per heavy atom. The van der Waals surface area contributed by atoms with Gasteiger partial charge in [0, 0.05) is 18.7 Å². The molecule has 0 spiro atoms. The van der Waals surface area contributed by atoms with E-state index in [-0.39, 0.29) is 28.5 Å². The first kappa shape index (κ1) is 15.6. The molecule has 1 saturated heterocycles. The van der Waals surface area contributed by atoms with Gasteiger partial charge in [0.2, 0.25) is 10.0 Å². The summed E-state index contributed by atoms with van der Waals surface area (Å²) in [4.78, 5) is 11.3. The van der Waals surface area contributed by atoms with Gasteiger partial charge in [0.15, 0.2) is 6.61 Å². The van der Waals surface area contributed by atoms with E-state index in [9.17, 15) is 13.2 Å². The lowest BCUT2D eigenvalue weighted by atomic mass is 10.1. The molecule has 120 valence electrons. The third-order valence-corrected chi connectivity index (χ3v) is 6.47. The highest BCUT2D eigenvalue weighted by atomic mass is 35.5. The molecule has 1 aromatic carbocycles. The van der Waals surface area contributed by atoms with Crippen LogP contribution in [-0.2, 0) is 14.8 Å². The van der Waals surface area contributed by atoms with Gasteiger partial charge in [-0.05, 0) is 25.8 Å². The lowest BCUT2D eigenvalue weighted by molar-refractivity contribution is -0.118. The number of carbonyl (C=O) groups excluding carboxylic acids is 1. The fraction of sp³-hybridized carbons (Fsp3) is 0.500. The summed E-state index contributed by atoms with van der Waals surface area (Å²) in [5, 5.41) is 2.70. The molecule has 1 aromatic rings. The third kappa shape index (κ3) is 2.68. The first-order chi connectivity index (χ1) is 10.4. The molecule has 1 fully saturated rings. The topological polar surface area (TPSA) is 75.7 Å². The zero-order chi connectivity index (χ0) is 15.9. The molecule has 0 radical (unpaired) electrons. The summed E-state index contributed by atoms with van der Waals surface area (Å²) >= 11 is 6.15. The number of sulfonamides is 1. The van der Waals surface area contributed by atoms with Crippen LogP contribution in [0, 0.1) is 0 Å². The molecular formula is C14H17ClN2O4S. The fourth-order valence-corrected chi connectivity index (χ4v) is 5.05. The summed E-state index contributed by atoms with van der Waals surface area (Å²) < 4.78 is 32.5. The van der Waals surface area contributed by atoms with Crippen LogP contribution in [0.4, 0.5) is 5.69 Å². The minimum Gasteiger partial charge on any atom is -0.482 e. The smallest absolute Gasteiger partial charge is 0.262 e. The SMILES string of the molecule is C[C@H]1CCCCN1S(=O)(=O)c1cc2c(cc1Cl)NC(=O)CO2. The van der Waals surface area contributed by atoms with Gasteiger partial charge in [-0.3, -0.25) is 4.79 Å². The van der Waals surface area contributed by atoms with E-state index in [1.54, 1.807) is 0 Å². The van der Waals surface area contributed by atoms with Crippen LogP contribution >= 0.6 is 11.6 Å². The number of anilines is 1. The Morgan fingerprint density at radius 2 is 2.14 bits per heavy atom. The van der Waals surface area contributed by atoms with Crippen LogP contribution in [0.1, 0.15) is 26.2 Å². The van der Waals surface area contributed by atoms with Crippen molar-refractivity contribution in [1.29, 1.82) is 0 Å². The van der Waals surface area contributed by atoms with Gasteiger partial charge in [0.05, 0.1) is 10.7 Å². The van der Waals surface area contributed by atoms with Crippen LogP contribution in [0.2, 0.25) is 5.02 Å². The number of hydrogen-bond donors (Lipinski definition) is 1. The summed E-state index contributed by atoms with van der Waals surface area (Å²) in [7, 11) is -3.68. The van der Waals surface area contributed by atoms with E-state index in [1.165, 1.54) is 16.4 Å². The molecule has 0 bridgehead atoms. The Kier molecular flexibility index (Phi) is 4.05. The van der Waals surface area contributed by atoms with Crippen molar-refractivity contribution < 1.29 is 17.9 Å². The van der Waals surface area contributed by atoms with E-state index < -0.39 is 10.0 Å². The lowest BCUT2D eigenvalue weighted by Gasteiger charge is -2.32. The van der Waals surface area contributed by atoms with Crippen molar-refractivity contribution in [3.05, 3.63) is 17.2 Å². The second-order valence-electron chi connectivity index (χ2n) is 5.58. The highest BCUT2D eigenvalue weighted by Gasteiger charge is 2.33. The minimum atomic E-state index is -3.68. The van der Waals surface area contributed by atoms with Gasteiger partial charge in [-0.2, -0.15) is 4.31 Å². The molecule has 1 atom stereocenters. The maximum atomic E-state index is 12.9. The standard InChI is InChI=1S/C14H17ClN2O4S/c1-9-4-2-3-5-17(9)22(19,20)13-7-12-11(6-10(13)15)16-14(18)8-21-12/h6-7,9H,2-5,8H2,1H3,(H,16,18)/t9-/m0/s1. The summed E-state index contributed by atoms with van der Waals surface area (Å²) in [6.45, 7) is 2.27. The summed E-state index contributed by atoms with van der Waals surface area (Å²) in [6, 6.07) is 2.77. The third-order valence-electron chi connectivity index (χ3n) is 4.00. The Hall–Kier alpha value is -1.31. The number of fused-ring (bicyclic) bond motifs is 1. The van der Waals surface area contributed by atoms with Crippen LogP contribution in [0.3, 0.4) is 0 Å². The second-order valence-corrected chi connectivity index (χ2v) is 7.84. The average Bonchev–Trinajstić information content (AvgIpc) is 2.46. The van der Waals surface area contributed by atoms with Gasteiger partial charge in [0.25, 0.3) is 5.91 Å². The van der Waals surface area contributed by atoms with E-state index in [0.29, 0.717) is 18.0 Å². The quantitative estimate of drug-likeness (QED) is 0.892. The Morgan fingerprint density at radius 3 is 2.86 bits per heavy atom. The van der Waals surface area contributed by atoms with Crippen molar-refractivity contribution in [2.45, 2.75) is 37.1 Å². The van der Waals surface area contributed by atoms with Gasteiger partial charge in [0.1, 0.15) is 10.6 Å². The van der Waals surface area contributed by atoms with Gasteiger partial charge >= 0.3 is 0 Å². The number of nitrogens with one attached hydrogen (secondary N) is 1. The number of nitrogens with zero attached hydrogens (tertiary/aromatic N) is 1. The van der Waals surface area contributed by atoms with Crippen LogP contribution < -0.4 is 10.1 Å². The molecule has 0 saturated carbocycles. The highest BCUT2D eigenvalue weighted by Crippen LogP contribution is 2.37. The molecule has 6 nitrogen and oxygen atoms in total. The summed E-state index contributed by atoms with van der Waals surface area (Å²) in [5.41, 5.74) is 0.395. The Balaban J connectivity index is 2.02. The summed E-state index contributed by atoms with van der Waals surface area (Å²) in [5.74, 6) is 0.0380. The van der Waals surface area contributed by atoms with Crippen LogP contribution in [0.15, 0.2) is 17.0 Å². The van der Waals surface area contributed by atoms with Crippen LogP contribution in [0.5, 0.6) is 5.75 Å².